The number of nitrogens with one attached hydrogen (secondary N) is 1. The van der Waals surface area contributed by atoms with Crippen LogP contribution in [0, 0.1) is 5.82 Å². The topological polar surface area (TPSA) is 97.1 Å². The van der Waals surface area contributed by atoms with Crippen molar-refractivity contribution in [1.29, 1.82) is 0 Å². The minimum atomic E-state index is -1.15. The molecule has 1 amide bonds. The smallest absolute Gasteiger partial charge is 0.326 e. The van der Waals surface area contributed by atoms with Gasteiger partial charge in [0.25, 0.3) is 5.91 Å². The number of carbonyl (C=O) groups excluding carboxylic acids is 1. The van der Waals surface area contributed by atoms with E-state index in [9.17, 15) is 19.1 Å². The number of hydrogen-bond acceptors (Lipinski definition) is 4. The van der Waals surface area contributed by atoms with Crippen LogP contribution in [0.3, 0.4) is 0 Å². The number of allylic oxidation sites excluding steroid dienone is 1. The zero-order chi connectivity index (χ0) is 19.3. The largest absolute Gasteiger partial charge is 0.480 e. The highest BCUT2D eigenvalue weighted by atomic mass is 19.1. The highest BCUT2D eigenvalue weighted by molar-refractivity contribution is 5.93. The van der Waals surface area contributed by atoms with E-state index in [1.165, 1.54) is 22.9 Å². The van der Waals surface area contributed by atoms with Crippen molar-refractivity contribution >= 4 is 11.9 Å². The van der Waals surface area contributed by atoms with E-state index in [1.54, 1.807) is 25.1 Å². The second-order valence-corrected chi connectivity index (χ2v) is 6.01. The SMILES string of the molecule is C/C=C/CC(NC(=O)c1nc(C(C)C)n(-c2cccc(F)c2)n1)C(=O)O. The van der Waals surface area contributed by atoms with Crippen molar-refractivity contribution in [2.45, 2.75) is 39.2 Å². The Morgan fingerprint density at radius 2 is 2.12 bits per heavy atom. The summed E-state index contributed by atoms with van der Waals surface area (Å²) >= 11 is 0. The molecule has 138 valence electrons. The summed E-state index contributed by atoms with van der Waals surface area (Å²) in [6.45, 7) is 5.50. The van der Waals surface area contributed by atoms with Crippen LogP contribution in [0.15, 0.2) is 36.4 Å². The van der Waals surface area contributed by atoms with Crippen LogP contribution in [0.25, 0.3) is 5.69 Å². The Bertz CT molecular complexity index is 830. The monoisotopic (exact) mass is 360 g/mol. The van der Waals surface area contributed by atoms with Gasteiger partial charge in [0, 0.05) is 5.92 Å². The van der Waals surface area contributed by atoms with Gasteiger partial charge in [-0.15, -0.1) is 5.10 Å². The quantitative estimate of drug-likeness (QED) is 0.740. The molecule has 2 rings (SSSR count). The van der Waals surface area contributed by atoms with Crippen LogP contribution in [0.2, 0.25) is 0 Å². The third-order valence-corrected chi connectivity index (χ3v) is 3.62. The third-order valence-electron chi connectivity index (χ3n) is 3.62. The molecule has 1 heterocycles. The second kappa shape index (κ2) is 8.37. The molecule has 0 fully saturated rings. The fourth-order valence-corrected chi connectivity index (χ4v) is 2.31. The third kappa shape index (κ3) is 4.53. The molecule has 0 radical (unpaired) electrons. The van der Waals surface area contributed by atoms with Crippen molar-refractivity contribution in [3.05, 3.63) is 53.9 Å². The molecule has 2 N–H and O–H groups in total. The number of carboxylic acids is 1. The number of amides is 1. The van der Waals surface area contributed by atoms with Crippen LogP contribution in [-0.4, -0.2) is 37.8 Å². The summed E-state index contributed by atoms with van der Waals surface area (Å²) in [4.78, 5) is 27.9. The Labute approximate surface area is 150 Å². The predicted molar refractivity (Wildman–Crippen MR) is 93.7 cm³/mol. The summed E-state index contributed by atoms with van der Waals surface area (Å²) in [7, 11) is 0. The molecule has 0 spiro atoms. The van der Waals surface area contributed by atoms with Gasteiger partial charge < -0.3 is 10.4 Å². The van der Waals surface area contributed by atoms with E-state index in [1.807, 2.05) is 13.8 Å². The van der Waals surface area contributed by atoms with Gasteiger partial charge in [0.05, 0.1) is 5.69 Å². The van der Waals surface area contributed by atoms with Crippen LogP contribution in [0.4, 0.5) is 4.39 Å². The van der Waals surface area contributed by atoms with E-state index in [0.29, 0.717) is 11.5 Å². The van der Waals surface area contributed by atoms with Gasteiger partial charge in [0.1, 0.15) is 17.7 Å². The van der Waals surface area contributed by atoms with Crippen LogP contribution < -0.4 is 5.32 Å². The van der Waals surface area contributed by atoms with E-state index in [-0.39, 0.29) is 18.2 Å². The van der Waals surface area contributed by atoms with Gasteiger partial charge in [-0.05, 0) is 31.5 Å². The molecular formula is C18H21FN4O3. The fraction of sp³-hybridized carbons (Fsp3) is 0.333. The Morgan fingerprint density at radius 1 is 1.38 bits per heavy atom. The van der Waals surface area contributed by atoms with Gasteiger partial charge in [0.2, 0.25) is 5.82 Å². The minimum absolute atomic E-state index is 0.0781. The molecule has 26 heavy (non-hydrogen) atoms. The predicted octanol–water partition coefficient (Wildman–Crippen LogP) is 2.68. The van der Waals surface area contributed by atoms with Crippen LogP contribution in [-0.2, 0) is 4.79 Å². The lowest BCUT2D eigenvalue weighted by atomic mass is 10.2. The summed E-state index contributed by atoms with van der Waals surface area (Å²) in [5, 5.41) is 15.8. The Morgan fingerprint density at radius 3 is 2.69 bits per heavy atom. The van der Waals surface area contributed by atoms with E-state index >= 15 is 0 Å². The first kappa shape index (κ1) is 19.3. The number of aliphatic carboxylic acids is 1. The highest BCUT2D eigenvalue weighted by Gasteiger charge is 2.24. The zero-order valence-corrected chi connectivity index (χ0v) is 14.8. The van der Waals surface area contributed by atoms with Gasteiger partial charge in [-0.2, -0.15) is 0 Å². The van der Waals surface area contributed by atoms with Gasteiger partial charge in [-0.1, -0.05) is 32.1 Å². The molecule has 1 atom stereocenters. The molecular weight excluding hydrogens is 339 g/mol. The van der Waals surface area contributed by atoms with Crippen molar-refractivity contribution in [3.8, 4) is 5.69 Å². The van der Waals surface area contributed by atoms with Gasteiger partial charge >= 0.3 is 5.97 Å². The number of nitrogens with zero attached hydrogens (tertiary/aromatic N) is 3. The van der Waals surface area contributed by atoms with Crippen LogP contribution in [0.5, 0.6) is 0 Å². The maximum Gasteiger partial charge on any atom is 0.326 e. The molecule has 0 aliphatic rings. The maximum absolute atomic E-state index is 13.5. The fourth-order valence-electron chi connectivity index (χ4n) is 2.31. The van der Waals surface area contributed by atoms with Crippen molar-refractivity contribution in [2.75, 3.05) is 0 Å². The van der Waals surface area contributed by atoms with E-state index in [4.69, 9.17) is 0 Å². The van der Waals surface area contributed by atoms with E-state index in [0.717, 1.165) is 0 Å². The number of carbonyl (C=O) groups is 2. The average Bonchev–Trinajstić information content (AvgIpc) is 3.04. The summed E-state index contributed by atoms with van der Waals surface area (Å²) in [6, 6.07) is 4.70. The normalized spacial score (nSPS) is 12.5. The van der Waals surface area contributed by atoms with Gasteiger partial charge in [-0.25, -0.2) is 18.9 Å². The minimum Gasteiger partial charge on any atom is -0.480 e. The second-order valence-electron chi connectivity index (χ2n) is 6.01. The lowest BCUT2D eigenvalue weighted by Crippen LogP contribution is -2.40. The molecule has 1 aromatic heterocycles. The number of carboxylic acid groups (broad SMARTS) is 1. The molecule has 8 heteroatoms. The van der Waals surface area contributed by atoms with Gasteiger partial charge in [0.15, 0.2) is 0 Å². The molecule has 1 aromatic carbocycles. The molecule has 0 aliphatic heterocycles. The molecule has 0 aliphatic carbocycles. The molecule has 1 unspecified atom stereocenters. The zero-order valence-electron chi connectivity index (χ0n) is 14.8. The van der Waals surface area contributed by atoms with Crippen LogP contribution in [0.1, 0.15) is 49.6 Å². The summed E-state index contributed by atoms with van der Waals surface area (Å²) in [6.07, 6.45) is 3.51. The van der Waals surface area contributed by atoms with E-state index in [2.05, 4.69) is 15.4 Å². The lowest BCUT2D eigenvalue weighted by molar-refractivity contribution is -0.139. The molecule has 0 saturated carbocycles. The highest BCUT2D eigenvalue weighted by Crippen LogP contribution is 2.18. The van der Waals surface area contributed by atoms with Crippen molar-refractivity contribution in [1.82, 2.24) is 20.1 Å². The molecule has 0 bridgehead atoms. The van der Waals surface area contributed by atoms with Crippen molar-refractivity contribution < 1.29 is 19.1 Å². The number of aromatic nitrogens is 3. The summed E-state index contributed by atoms with van der Waals surface area (Å²) in [5.74, 6) is -2.04. The van der Waals surface area contributed by atoms with Gasteiger partial charge in [-0.3, -0.25) is 4.79 Å². The number of benzene rings is 1. The first-order valence-electron chi connectivity index (χ1n) is 8.21. The molecule has 7 nitrogen and oxygen atoms in total. The Balaban J connectivity index is 2.33. The first-order valence-corrected chi connectivity index (χ1v) is 8.21. The van der Waals surface area contributed by atoms with Crippen LogP contribution >= 0.6 is 0 Å². The average molecular weight is 360 g/mol. The summed E-state index contributed by atoms with van der Waals surface area (Å²) in [5.41, 5.74) is 0.434. The number of rotatable bonds is 7. The first-order chi connectivity index (χ1) is 12.3. The number of hydrogen-bond donors (Lipinski definition) is 2. The summed E-state index contributed by atoms with van der Waals surface area (Å²) < 4.78 is 14.9. The van der Waals surface area contributed by atoms with E-state index < -0.39 is 23.7 Å². The number of halogens is 1. The molecule has 2 aromatic rings. The Hall–Kier alpha value is -3.03. The Kier molecular flexibility index (Phi) is 6.21. The molecule has 0 saturated heterocycles. The van der Waals surface area contributed by atoms with Crippen molar-refractivity contribution in [2.24, 2.45) is 0 Å². The van der Waals surface area contributed by atoms with Crippen molar-refractivity contribution in [3.63, 3.8) is 0 Å². The maximum atomic E-state index is 13.5. The standard InChI is InChI=1S/C18H21FN4O3/c1-4-5-9-14(18(25)26)20-17(24)15-21-16(11(2)3)23(22-15)13-8-6-7-12(19)10-13/h4-8,10-11,14H,9H2,1-3H3,(H,20,24)(H,25,26)/b5-4+. The lowest BCUT2D eigenvalue weighted by Gasteiger charge is -2.10.